The first-order valence-corrected chi connectivity index (χ1v) is 5.87. The van der Waals surface area contributed by atoms with Crippen LogP contribution in [0, 0.1) is 10.8 Å². The van der Waals surface area contributed by atoms with Crippen LogP contribution in [0.25, 0.3) is 0 Å². The highest BCUT2D eigenvalue weighted by Crippen LogP contribution is 2.46. The minimum absolute atomic E-state index is 0.468. The molecule has 1 atom stereocenters. The van der Waals surface area contributed by atoms with Gasteiger partial charge in [0.05, 0.1) is 0 Å². The minimum Gasteiger partial charge on any atom is -0.315 e. The van der Waals surface area contributed by atoms with E-state index in [0.29, 0.717) is 10.8 Å². The largest absolute Gasteiger partial charge is 0.315 e. The van der Waals surface area contributed by atoms with Crippen molar-refractivity contribution in [3.8, 4) is 0 Å². The van der Waals surface area contributed by atoms with Gasteiger partial charge >= 0.3 is 0 Å². The van der Waals surface area contributed by atoms with Crippen molar-refractivity contribution in [3.63, 3.8) is 0 Å². The molecule has 14 heavy (non-hydrogen) atoms. The Hall–Kier alpha value is -0.0800. The van der Waals surface area contributed by atoms with Gasteiger partial charge in [-0.1, -0.05) is 27.7 Å². The third-order valence-electron chi connectivity index (χ3n) is 4.58. The standard InChI is InChI=1S/C12H24N2/c1-11(2)8-14(9-12(11,3)4)10-5-6-13-7-10/h10,13H,5-9H2,1-4H3/t10-/m0/s1. The molecular formula is C12H24N2. The van der Waals surface area contributed by atoms with Gasteiger partial charge in [0.1, 0.15) is 0 Å². The molecule has 0 radical (unpaired) electrons. The second-order valence-electron chi connectivity index (χ2n) is 6.32. The van der Waals surface area contributed by atoms with E-state index in [1.807, 2.05) is 0 Å². The number of nitrogens with one attached hydrogen (secondary N) is 1. The van der Waals surface area contributed by atoms with Gasteiger partial charge in [-0.2, -0.15) is 0 Å². The Morgan fingerprint density at radius 1 is 1.07 bits per heavy atom. The van der Waals surface area contributed by atoms with E-state index in [-0.39, 0.29) is 0 Å². The molecule has 0 saturated carbocycles. The van der Waals surface area contributed by atoms with Crippen molar-refractivity contribution in [1.29, 1.82) is 0 Å². The van der Waals surface area contributed by atoms with Gasteiger partial charge in [0, 0.05) is 25.7 Å². The molecule has 2 fully saturated rings. The fourth-order valence-electron chi connectivity index (χ4n) is 2.71. The van der Waals surface area contributed by atoms with Gasteiger partial charge in [-0.15, -0.1) is 0 Å². The number of hydrogen-bond acceptors (Lipinski definition) is 2. The van der Waals surface area contributed by atoms with Crippen molar-refractivity contribution in [2.45, 2.75) is 40.2 Å². The Labute approximate surface area is 88.1 Å². The van der Waals surface area contributed by atoms with Crippen LogP contribution >= 0.6 is 0 Å². The lowest BCUT2D eigenvalue weighted by Gasteiger charge is -2.33. The third kappa shape index (κ3) is 1.59. The van der Waals surface area contributed by atoms with Crippen LogP contribution in [0.3, 0.4) is 0 Å². The molecule has 2 nitrogen and oxygen atoms in total. The molecule has 0 aromatic carbocycles. The maximum atomic E-state index is 3.46. The maximum Gasteiger partial charge on any atom is 0.0233 e. The Balaban J connectivity index is 2.05. The van der Waals surface area contributed by atoms with Gasteiger partial charge in [0.2, 0.25) is 0 Å². The van der Waals surface area contributed by atoms with E-state index in [1.165, 1.54) is 32.6 Å². The highest BCUT2D eigenvalue weighted by Gasteiger charge is 2.47. The summed E-state index contributed by atoms with van der Waals surface area (Å²) < 4.78 is 0. The van der Waals surface area contributed by atoms with Crippen molar-refractivity contribution in [1.82, 2.24) is 10.2 Å². The summed E-state index contributed by atoms with van der Waals surface area (Å²) in [4.78, 5) is 2.69. The average Bonchev–Trinajstić information content (AvgIpc) is 2.58. The lowest BCUT2D eigenvalue weighted by molar-refractivity contribution is 0.184. The molecule has 2 aliphatic rings. The van der Waals surface area contributed by atoms with Crippen molar-refractivity contribution in [3.05, 3.63) is 0 Å². The number of nitrogens with zero attached hydrogens (tertiary/aromatic N) is 1. The fraction of sp³-hybridized carbons (Fsp3) is 1.00. The van der Waals surface area contributed by atoms with Crippen LogP contribution in [0.15, 0.2) is 0 Å². The van der Waals surface area contributed by atoms with Crippen LogP contribution in [-0.4, -0.2) is 37.1 Å². The van der Waals surface area contributed by atoms with Crippen LogP contribution < -0.4 is 5.32 Å². The molecule has 0 aromatic rings. The highest BCUT2D eigenvalue weighted by atomic mass is 15.2. The first-order chi connectivity index (χ1) is 6.42. The summed E-state index contributed by atoms with van der Waals surface area (Å²) in [6.45, 7) is 14.6. The Kier molecular flexibility index (Phi) is 2.39. The van der Waals surface area contributed by atoms with Gasteiger partial charge in [-0.3, -0.25) is 4.90 Å². The molecule has 0 unspecified atom stereocenters. The molecule has 2 heteroatoms. The SMILES string of the molecule is CC1(C)CN([C@H]2CCNC2)CC1(C)C. The van der Waals surface area contributed by atoms with E-state index in [4.69, 9.17) is 0 Å². The van der Waals surface area contributed by atoms with Crippen molar-refractivity contribution in [2.75, 3.05) is 26.2 Å². The highest BCUT2D eigenvalue weighted by molar-refractivity contribution is 5.00. The molecule has 0 bridgehead atoms. The molecule has 0 aromatic heterocycles. The predicted molar refractivity (Wildman–Crippen MR) is 60.4 cm³/mol. The second-order valence-corrected chi connectivity index (χ2v) is 6.32. The van der Waals surface area contributed by atoms with Crippen LogP contribution in [0.1, 0.15) is 34.1 Å². The molecule has 2 saturated heterocycles. The summed E-state index contributed by atoms with van der Waals surface area (Å²) in [5, 5.41) is 3.46. The summed E-state index contributed by atoms with van der Waals surface area (Å²) in [7, 11) is 0. The summed E-state index contributed by atoms with van der Waals surface area (Å²) in [5.41, 5.74) is 0.936. The van der Waals surface area contributed by atoms with E-state index in [2.05, 4.69) is 37.9 Å². The zero-order valence-electron chi connectivity index (χ0n) is 10.1. The summed E-state index contributed by atoms with van der Waals surface area (Å²) in [6, 6.07) is 0.802. The zero-order chi connectivity index (χ0) is 10.4. The molecule has 0 amide bonds. The molecule has 0 spiro atoms. The Morgan fingerprint density at radius 2 is 1.64 bits per heavy atom. The normalized spacial score (nSPS) is 36.4. The summed E-state index contributed by atoms with van der Waals surface area (Å²) in [5.74, 6) is 0. The van der Waals surface area contributed by atoms with E-state index >= 15 is 0 Å². The van der Waals surface area contributed by atoms with Gasteiger partial charge in [0.15, 0.2) is 0 Å². The van der Waals surface area contributed by atoms with Crippen LogP contribution in [0.5, 0.6) is 0 Å². The average molecular weight is 196 g/mol. The van der Waals surface area contributed by atoms with Crippen LogP contribution in [0.2, 0.25) is 0 Å². The lowest BCUT2D eigenvalue weighted by Crippen LogP contribution is -2.36. The molecule has 2 aliphatic heterocycles. The second kappa shape index (κ2) is 3.21. The van der Waals surface area contributed by atoms with E-state index in [0.717, 1.165) is 6.04 Å². The molecule has 2 rings (SSSR count). The number of hydrogen-bond donors (Lipinski definition) is 1. The van der Waals surface area contributed by atoms with Crippen LogP contribution in [-0.2, 0) is 0 Å². The molecule has 82 valence electrons. The summed E-state index contributed by atoms with van der Waals surface area (Å²) in [6.07, 6.45) is 1.34. The van der Waals surface area contributed by atoms with Crippen molar-refractivity contribution < 1.29 is 0 Å². The van der Waals surface area contributed by atoms with E-state index < -0.39 is 0 Å². The zero-order valence-corrected chi connectivity index (χ0v) is 10.1. The number of rotatable bonds is 1. The monoisotopic (exact) mass is 196 g/mol. The Bertz CT molecular complexity index is 198. The van der Waals surface area contributed by atoms with E-state index in [1.54, 1.807) is 0 Å². The lowest BCUT2D eigenvalue weighted by atomic mass is 9.71. The molecular weight excluding hydrogens is 172 g/mol. The first-order valence-electron chi connectivity index (χ1n) is 5.87. The predicted octanol–water partition coefficient (Wildman–Crippen LogP) is 1.72. The maximum absolute atomic E-state index is 3.46. The number of likely N-dealkylation sites (tertiary alicyclic amines) is 1. The van der Waals surface area contributed by atoms with Gasteiger partial charge in [-0.05, 0) is 23.8 Å². The minimum atomic E-state index is 0.468. The first kappa shape index (κ1) is 10.4. The molecule has 0 aliphatic carbocycles. The fourth-order valence-corrected chi connectivity index (χ4v) is 2.71. The van der Waals surface area contributed by atoms with Gasteiger partial charge < -0.3 is 5.32 Å². The topological polar surface area (TPSA) is 15.3 Å². The van der Waals surface area contributed by atoms with E-state index in [9.17, 15) is 0 Å². The van der Waals surface area contributed by atoms with Gasteiger partial charge in [-0.25, -0.2) is 0 Å². The van der Waals surface area contributed by atoms with Crippen molar-refractivity contribution >= 4 is 0 Å². The smallest absolute Gasteiger partial charge is 0.0233 e. The van der Waals surface area contributed by atoms with Crippen molar-refractivity contribution in [2.24, 2.45) is 10.8 Å². The van der Waals surface area contributed by atoms with Gasteiger partial charge in [0.25, 0.3) is 0 Å². The quantitative estimate of drug-likeness (QED) is 0.687. The Morgan fingerprint density at radius 3 is 2.07 bits per heavy atom. The van der Waals surface area contributed by atoms with Crippen LogP contribution in [0.4, 0.5) is 0 Å². The summed E-state index contributed by atoms with van der Waals surface area (Å²) >= 11 is 0. The third-order valence-corrected chi connectivity index (χ3v) is 4.58. The molecule has 1 N–H and O–H groups in total. The molecule has 2 heterocycles.